The summed E-state index contributed by atoms with van der Waals surface area (Å²) >= 11 is 6.35. The summed E-state index contributed by atoms with van der Waals surface area (Å²) in [5, 5.41) is 3.74. The lowest BCUT2D eigenvalue weighted by Crippen LogP contribution is -2.25. The third-order valence-electron chi connectivity index (χ3n) is 4.34. The van der Waals surface area contributed by atoms with Crippen molar-refractivity contribution >= 4 is 33.8 Å². The van der Waals surface area contributed by atoms with Crippen molar-refractivity contribution < 1.29 is 0 Å². The minimum atomic E-state index is -2.02. The summed E-state index contributed by atoms with van der Waals surface area (Å²) in [4.78, 5) is 0. The van der Waals surface area contributed by atoms with Crippen LogP contribution in [0.15, 0.2) is 84.9 Å². The summed E-state index contributed by atoms with van der Waals surface area (Å²) in [5.41, 5.74) is 1.49. The molecule has 0 amide bonds. The molecule has 0 saturated carbocycles. The molecule has 0 aliphatic carbocycles. The van der Waals surface area contributed by atoms with Gasteiger partial charge in [0.15, 0.2) is 0 Å². The van der Waals surface area contributed by atoms with Crippen LogP contribution in [0.25, 0.3) is 0 Å². The minimum absolute atomic E-state index is 0.153. The minimum Gasteiger partial charge on any atom is -0.0826 e. The highest BCUT2D eigenvalue weighted by Gasteiger charge is 2.25. The Hall–Kier alpha value is -1.69. The largest absolute Gasteiger partial charge is 0.0826 e. The lowest BCUT2D eigenvalue weighted by atomic mass is 9.87. The van der Waals surface area contributed by atoms with Crippen molar-refractivity contribution in [3.8, 4) is 0 Å². The molecule has 0 N–H and O–H groups in total. The molecule has 0 heterocycles. The molecule has 0 radical (unpaired) electrons. The van der Waals surface area contributed by atoms with Gasteiger partial charge in [0.25, 0.3) is 0 Å². The number of hydrogen-bond donors (Lipinski definition) is 0. The van der Waals surface area contributed by atoms with Crippen LogP contribution in [0.2, 0.25) is 0 Å². The SMILES string of the molecule is CC(C)(C)c1ccc(P(=S)(c2ccccc2)c2ccccc2)cc1. The van der Waals surface area contributed by atoms with E-state index in [0.29, 0.717) is 0 Å². The van der Waals surface area contributed by atoms with Crippen LogP contribution in [-0.4, -0.2) is 0 Å². The second-order valence-electron chi connectivity index (χ2n) is 7.08. The Kier molecular flexibility index (Phi) is 4.76. The molecule has 3 aromatic carbocycles. The first kappa shape index (κ1) is 17.1. The second kappa shape index (κ2) is 6.67. The summed E-state index contributed by atoms with van der Waals surface area (Å²) < 4.78 is 0. The van der Waals surface area contributed by atoms with Gasteiger partial charge in [0, 0.05) is 6.04 Å². The molecule has 2 heteroatoms. The third kappa shape index (κ3) is 3.24. The van der Waals surface area contributed by atoms with E-state index in [4.69, 9.17) is 11.8 Å². The van der Waals surface area contributed by atoms with Crippen LogP contribution in [-0.2, 0) is 17.2 Å². The Labute approximate surface area is 150 Å². The maximum atomic E-state index is 6.35. The Morgan fingerprint density at radius 2 is 0.958 bits per heavy atom. The van der Waals surface area contributed by atoms with E-state index in [1.54, 1.807) is 0 Å². The van der Waals surface area contributed by atoms with Crippen molar-refractivity contribution in [2.45, 2.75) is 26.2 Å². The molecule has 0 aromatic heterocycles. The first-order valence-electron chi connectivity index (χ1n) is 8.25. The lowest BCUT2D eigenvalue weighted by Gasteiger charge is -2.25. The maximum Gasteiger partial charge on any atom is 0.0379 e. The van der Waals surface area contributed by atoms with E-state index in [1.165, 1.54) is 21.5 Å². The van der Waals surface area contributed by atoms with Crippen LogP contribution in [0.4, 0.5) is 0 Å². The maximum absolute atomic E-state index is 6.35. The van der Waals surface area contributed by atoms with Crippen molar-refractivity contribution in [1.29, 1.82) is 0 Å². The Morgan fingerprint density at radius 3 is 1.33 bits per heavy atom. The predicted octanol–water partition coefficient (Wildman–Crippen LogP) is 4.74. The Morgan fingerprint density at radius 1 is 0.583 bits per heavy atom. The molecule has 0 nitrogen and oxygen atoms in total. The normalized spacial score (nSPS) is 12.1. The van der Waals surface area contributed by atoms with Gasteiger partial charge in [-0.15, -0.1) is 0 Å². The molecule has 24 heavy (non-hydrogen) atoms. The van der Waals surface area contributed by atoms with Crippen LogP contribution in [0.5, 0.6) is 0 Å². The fourth-order valence-corrected chi connectivity index (χ4v) is 6.64. The van der Waals surface area contributed by atoms with Gasteiger partial charge in [0.2, 0.25) is 0 Å². The van der Waals surface area contributed by atoms with Crippen molar-refractivity contribution in [1.82, 2.24) is 0 Å². The molecule has 0 spiro atoms. The predicted molar refractivity (Wildman–Crippen MR) is 111 cm³/mol. The van der Waals surface area contributed by atoms with Crippen LogP contribution in [0.3, 0.4) is 0 Å². The van der Waals surface area contributed by atoms with Gasteiger partial charge in [0.05, 0.1) is 0 Å². The Balaban J connectivity index is 2.18. The summed E-state index contributed by atoms with van der Waals surface area (Å²) in [6.07, 6.45) is 0. The fraction of sp³-hybridized carbons (Fsp3) is 0.182. The van der Waals surface area contributed by atoms with Gasteiger partial charge in [-0.05, 0) is 26.9 Å². The van der Waals surface area contributed by atoms with E-state index in [-0.39, 0.29) is 5.41 Å². The van der Waals surface area contributed by atoms with E-state index in [0.717, 1.165) is 0 Å². The molecule has 0 fully saturated rings. The van der Waals surface area contributed by atoms with Crippen LogP contribution in [0.1, 0.15) is 26.3 Å². The number of hydrogen-bond acceptors (Lipinski definition) is 1. The highest BCUT2D eigenvalue weighted by molar-refractivity contribution is 8.25. The number of rotatable bonds is 3. The Bertz CT molecular complexity index is 800. The molecule has 0 atom stereocenters. The standard InChI is InChI=1S/C22H23PS/c1-22(2,3)18-14-16-21(17-15-18)23(24,19-10-6-4-7-11-19)20-12-8-5-9-13-20/h4-17H,1-3H3. The molecule has 0 aliphatic rings. The third-order valence-corrected chi connectivity index (χ3v) is 9.31. The van der Waals surface area contributed by atoms with E-state index < -0.39 is 6.04 Å². The van der Waals surface area contributed by atoms with Gasteiger partial charge >= 0.3 is 0 Å². The summed E-state index contributed by atoms with van der Waals surface area (Å²) in [6.45, 7) is 6.73. The molecule has 3 rings (SSSR count). The highest BCUT2D eigenvalue weighted by atomic mass is 32.4. The zero-order chi connectivity index (χ0) is 17.2. The quantitative estimate of drug-likeness (QED) is 0.615. The summed E-state index contributed by atoms with van der Waals surface area (Å²) in [5.74, 6) is 0. The van der Waals surface area contributed by atoms with E-state index in [1.807, 2.05) is 0 Å². The van der Waals surface area contributed by atoms with Crippen molar-refractivity contribution in [2.24, 2.45) is 0 Å². The molecular formula is C22H23PS. The van der Waals surface area contributed by atoms with Gasteiger partial charge < -0.3 is 0 Å². The zero-order valence-corrected chi connectivity index (χ0v) is 16.1. The van der Waals surface area contributed by atoms with E-state index >= 15 is 0 Å². The van der Waals surface area contributed by atoms with Crippen molar-refractivity contribution in [3.63, 3.8) is 0 Å². The molecule has 0 unspecified atom stereocenters. The van der Waals surface area contributed by atoms with Crippen LogP contribution >= 0.6 is 6.04 Å². The van der Waals surface area contributed by atoms with Crippen LogP contribution in [0, 0.1) is 0 Å². The van der Waals surface area contributed by atoms with Crippen molar-refractivity contribution in [2.75, 3.05) is 0 Å². The average Bonchev–Trinajstić information content (AvgIpc) is 2.62. The van der Waals surface area contributed by atoms with Crippen LogP contribution < -0.4 is 15.9 Å². The topological polar surface area (TPSA) is 0 Å². The molecular weight excluding hydrogens is 327 g/mol. The molecule has 122 valence electrons. The first-order chi connectivity index (χ1) is 11.4. The van der Waals surface area contributed by atoms with E-state index in [2.05, 4.69) is 106 Å². The first-order valence-corrected chi connectivity index (χ1v) is 11.0. The lowest BCUT2D eigenvalue weighted by molar-refractivity contribution is 0.590. The highest BCUT2D eigenvalue weighted by Crippen LogP contribution is 2.42. The second-order valence-corrected chi connectivity index (χ2v) is 11.5. The fourth-order valence-electron chi connectivity index (χ4n) is 2.89. The molecule has 0 saturated heterocycles. The molecule has 0 bridgehead atoms. The van der Waals surface area contributed by atoms with Gasteiger partial charge in [-0.25, -0.2) is 0 Å². The molecule has 3 aromatic rings. The van der Waals surface area contributed by atoms with Gasteiger partial charge in [-0.3, -0.25) is 0 Å². The van der Waals surface area contributed by atoms with Crippen molar-refractivity contribution in [3.05, 3.63) is 90.5 Å². The molecule has 0 aliphatic heterocycles. The summed E-state index contributed by atoms with van der Waals surface area (Å²) in [7, 11) is 0. The van der Waals surface area contributed by atoms with Gasteiger partial charge in [-0.1, -0.05) is 118 Å². The number of benzene rings is 3. The van der Waals surface area contributed by atoms with E-state index in [9.17, 15) is 0 Å². The van der Waals surface area contributed by atoms with Gasteiger partial charge in [-0.2, -0.15) is 0 Å². The average molecular weight is 350 g/mol. The summed E-state index contributed by atoms with van der Waals surface area (Å²) in [6, 6.07) is 28.1. The van der Waals surface area contributed by atoms with Gasteiger partial charge in [0.1, 0.15) is 0 Å². The smallest absolute Gasteiger partial charge is 0.0379 e. The monoisotopic (exact) mass is 350 g/mol. The zero-order valence-electron chi connectivity index (χ0n) is 14.4.